The van der Waals surface area contributed by atoms with Crippen LogP contribution >= 0.6 is 0 Å². The molecule has 0 atom stereocenters. The minimum absolute atomic E-state index is 0.197. The molecule has 0 radical (unpaired) electrons. The molecule has 0 aromatic heterocycles. The van der Waals surface area contributed by atoms with Crippen LogP contribution in [0.3, 0.4) is 0 Å². The standard InChI is InChI=1S/C17H20FNO/c1-12(2)13-6-8-16(9-7-13)20-11-15-5-3-4-14(10-19)17(15)18/h3-9,12H,10-11,19H2,1-2H3. The topological polar surface area (TPSA) is 35.2 Å². The maximum atomic E-state index is 14.0. The van der Waals surface area contributed by atoms with E-state index in [0.717, 1.165) is 5.75 Å². The molecule has 2 aromatic rings. The van der Waals surface area contributed by atoms with Crippen LogP contribution in [-0.4, -0.2) is 0 Å². The van der Waals surface area contributed by atoms with Gasteiger partial charge in [0, 0.05) is 17.7 Å². The summed E-state index contributed by atoms with van der Waals surface area (Å²) in [6.07, 6.45) is 0. The molecule has 20 heavy (non-hydrogen) atoms. The van der Waals surface area contributed by atoms with E-state index in [4.69, 9.17) is 10.5 Å². The Morgan fingerprint density at radius 2 is 1.70 bits per heavy atom. The molecule has 0 saturated carbocycles. The predicted octanol–water partition coefficient (Wildman–Crippen LogP) is 3.99. The number of benzene rings is 2. The van der Waals surface area contributed by atoms with Crippen molar-refractivity contribution in [2.45, 2.75) is 32.9 Å². The van der Waals surface area contributed by atoms with Crippen molar-refractivity contribution in [2.75, 3.05) is 0 Å². The molecule has 0 aliphatic carbocycles. The van der Waals surface area contributed by atoms with Crippen LogP contribution in [0.25, 0.3) is 0 Å². The first-order valence-electron chi connectivity index (χ1n) is 6.81. The van der Waals surface area contributed by atoms with E-state index >= 15 is 0 Å². The van der Waals surface area contributed by atoms with Crippen molar-refractivity contribution in [3.63, 3.8) is 0 Å². The zero-order valence-electron chi connectivity index (χ0n) is 11.9. The van der Waals surface area contributed by atoms with Gasteiger partial charge < -0.3 is 10.5 Å². The summed E-state index contributed by atoms with van der Waals surface area (Å²) in [5, 5.41) is 0. The van der Waals surface area contributed by atoms with Gasteiger partial charge in [0.25, 0.3) is 0 Å². The number of rotatable bonds is 5. The lowest BCUT2D eigenvalue weighted by atomic mass is 10.0. The van der Waals surface area contributed by atoms with Gasteiger partial charge in [-0.1, -0.05) is 44.2 Å². The second kappa shape index (κ2) is 6.53. The first-order chi connectivity index (χ1) is 9.61. The van der Waals surface area contributed by atoms with Gasteiger partial charge in [-0.05, 0) is 23.6 Å². The largest absolute Gasteiger partial charge is 0.489 e. The van der Waals surface area contributed by atoms with Gasteiger partial charge in [-0.2, -0.15) is 0 Å². The minimum atomic E-state index is -0.270. The normalized spacial score (nSPS) is 10.8. The zero-order chi connectivity index (χ0) is 14.5. The SMILES string of the molecule is CC(C)c1ccc(OCc2cccc(CN)c2F)cc1. The van der Waals surface area contributed by atoms with Crippen LogP contribution in [0.1, 0.15) is 36.5 Å². The highest BCUT2D eigenvalue weighted by Crippen LogP contribution is 2.20. The van der Waals surface area contributed by atoms with Crippen molar-refractivity contribution in [1.29, 1.82) is 0 Å². The molecule has 2 rings (SSSR count). The van der Waals surface area contributed by atoms with Crippen molar-refractivity contribution >= 4 is 0 Å². The van der Waals surface area contributed by atoms with Crippen LogP contribution in [0.15, 0.2) is 42.5 Å². The van der Waals surface area contributed by atoms with Crippen LogP contribution in [0.2, 0.25) is 0 Å². The molecule has 0 spiro atoms. The van der Waals surface area contributed by atoms with Gasteiger partial charge in [0.1, 0.15) is 18.2 Å². The summed E-state index contributed by atoms with van der Waals surface area (Å²) in [6, 6.07) is 13.1. The molecule has 3 heteroatoms. The van der Waals surface area contributed by atoms with Crippen LogP contribution in [0, 0.1) is 5.82 Å². The Labute approximate surface area is 119 Å². The van der Waals surface area contributed by atoms with Crippen LogP contribution in [0.4, 0.5) is 4.39 Å². The summed E-state index contributed by atoms with van der Waals surface area (Å²) in [5.41, 5.74) is 7.79. The highest BCUT2D eigenvalue weighted by atomic mass is 19.1. The monoisotopic (exact) mass is 273 g/mol. The Morgan fingerprint density at radius 3 is 2.30 bits per heavy atom. The third-order valence-electron chi connectivity index (χ3n) is 3.32. The lowest BCUT2D eigenvalue weighted by Gasteiger charge is -2.10. The molecule has 0 saturated heterocycles. The van der Waals surface area contributed by atoms with Crippen molar-refractivity contribution in [2.24, 2.45) is 5.73 Å². The highest BCUT2D eigenvalue weighted by Gasteiger charge is 2.07. The lowest BCUT2D eigenvalue weighted by Crippen LogP contribution is -2.05. The Kier molecular flexibility index (Phi) is 4.74. The fourth-order valence-corrected chi connectivity index (χ4v) is 2.01. The molecule has 0 aliphatic heterocycles. The molecule has 0 fully saturated rings. The van der Waals surface area contributed by atoms with Crippen LogP contribution < -0.4 is 10.5 Å². The second-order valence-electron chi connectivity index (χ2n) is 5.11. The molecule has 0 aliphatic rings. The average Bonchev–Trinajstić information content (AvgIpc) is 2.46. The number of halogens is 1. The number of hydrogen-bond acceptors (Lipinski definition) is 2. The van der Waals surface area contributed by atoms with E-state index in [2.05, 4.69) is 13.8 Å². The Bertz CT molecular complexity index is 564. The summed E-state index contributed by atoms with van der Waals surface area (Å²) in [4.78, 5) is 0. The van der Waals surface area contributed by atoms with Gasteiger partial charge in [-0.25, -0.2) is 4.39 Å². The molecule has 2 nitrogen and oxygen atoms in total. The van der Waals surface area contributed by atoms with Crippen molar-refractivity contribution in [3.05, 3.63) is 65.0 Å². The summed E-state index contributed by atoms with van der Waals surface area (Å²) < 4.78 is 19.6. The van der Waals surface area contributed by atoms with Gasteiger partial charge in [0.05, 0.1) is 0 Å². The van der Waals surface area contributed by atoms with Crippen molar-refractivity contribution in [1.82, 2.24) is 0 Å². The Morgan fingerprint density at radius 1 is 1.05 bits per heavy atom. The molecular formula is C17H20FNO. The second-order valence-corrected chi connectivity index (χ2v) is 5.11. The highest BCUT2D eigenvalue weighted by molar-refractivity contribution is 5.30. The van der Waals surface area contributed by atoms with Gasteiger partial charge >= 0.3 is 0 Å². The van der Waals surface area contributed by atoms with Gasteiger partial charge in [-0.3, -0.25) is 0 Å². The first kappa shape index (κ1) is 14.5. The van der Waals surface area contributed by atoms with E-state index in [9.17, 15) is 4.39 Å². The number of ether oxygens (including phenoxy) is 1. The molecule has 2 aromatic carbocycles. The van der Waals surface area contributed by atoms with Crippen molar-refractivity contribution < 1.29 is 9.13 Å². The smallest absolute Gasteiger partial charge is 0.134 e. The van der Waals surface area contributed by atoms with Crippen LogP contribution in [0.5, 0.6) is 5.75 Å². The Hall–Kier alpha value is -1.87. The first-order valence-corrected chi connectivity index (χ1v) is 6.81. The van der Waals surface area contributed by atoms with Crippen molar-refractivity contribution in [3.8, 4) is 5.75 Å². The van der Waals surface area contributed by atoms with Gasteiger partial charge in [0.15, 0.2) is 0 Å². The summed E-state index contributed by atoms with van der Waals surface area (Å²) in [6.45, 7) is 4.69. The number of nitrogens with two attached hydrogens (primary N) is 1. The quantitative estimate of drug-likeness (QED) is 0.894. The summed E-state index contributed by atoms with van der Waals surface area (Å²) in [7, 11) is 0. The molecule has 106 valence electrons. The molecule has 0 unspecified atom stereocenters. The van der Waals surface area contributed by atoms with E-state index in [1.165, 1.54) is 5.56 Å². The van der Waals surface area contributed by atoms with Crippen LogP contribution in [-0.2, 0) is 13.2 Å². The Balaban J connectivity index is 2.05. The minimum Gasteiger partial charge on any atom is -0.489 e. The maximum Gasteiger partial charge on any atom is 0.134 e. The predicted molar refractivity (Wildman–Crippen MR) is 79.2 cm³/mol. The van der Waals surface area contributed by atoms with E-state index in [1.54, 1.807) is 18.2 Å². The molecular weight excluding hydrogens is 253 g/mol. The summed E-state index contributed by atoms with van der Waals surface area (Å²) in [5.74, 6) is 0.962. The maximum absolute atomic E-state index is 14.0. The van der Waals surface area contributed by atoms with E-state index < -0.39 is 0 Å². The number of hydrogen-bond donors (Lipinski definition) is 1. The fourth-order valence-electron chi connectivity index (χ4n) is 2.01. The van der Waals surface area contributed by atoms with Gasteiger partial charge in [-0.15, -0.1) is 0 Å². The third kappa shape index (κ3) is 3.36. The lowest BCUT2D eigenvalue weighted by molar-refractivity contribution is 0.299. The van der Waals surface area contributed by atoms with E-state index in [1.807, 2.05) is 24.3 Å². The average molecular weight is 273 g/mol. The van der Waals surface area contributed by atoms with E-state index in [0.29, 0.717) is 17.0 Å². The third-order valence-corrected chi connectivity index (χ3v) is 3.32. The molecule has 0 heterocycles. The molecule has 0 amide bonds. The fraction of sp³-hybridized carbons (Fsp3) is 0.294. The summed E-state index contributed by atoms with van der Waals surface area (Å²) >= 11 is 0. The molecule has 0 bridgehead atoms. The van der Waals surface area contributed by atoms with E-state index in [-0.39, 0.29) is 19.0 Å². The zero-order valence-corrected chi connectivity index (χ0v) is 11.9. The molecule has 2 N–H and O–H groups in total. The van der Waals surface area contributed by atoms with Gasteiger partial charge in [0.2, 0.25) is 0 Å².